The van der Waals surface area contributed by atoms with Gasteiger partial charge in [0.05, 0.1) is 68.9 Å². The molecule has 0 spiro atoms. The molecule has 2 unspecified atom stereocenters. The van der Waals surface area contributed by atoms with Crippen LogP contribution in [0.1, 0.15) is 78.5 Å². The standard InChI is InChI=1S/C37H40N4O4S/c1-21-19-45-20-22(2)41(21)33(42)18-40-32-17-28(37(43)44)10-13-29(32)34(25-8-6-5-7-9-25)35(40)27-12-14-30-26(16-27)11-15-31(39-30)36-23(3)38-24(4)46-36/h10-17,21-22,25H,5-9,18-20H2,1-4H3,(H,43,44). The van der Waals surface area contributed by atoms with E-state index in [4.69, 9.17) is 9.72 Å². The van der Waals surface area contributed by atoms with Crippen LogP contribution in [0, 0.1) is 13.8 Å². The largest absolute Gasteiger partial charge is 0.478 e. The van der Waals surface area contributed by atoms with Gasteiger partial charge in [-0.15, -0.1) is 11.3 Å². The van der Waals surface area contributed by atoms with Crippen molar-refractivity contribution in [3.8, 4) is 21.8 Å². The van der Waals surface area contributed by atoms with Gasteiger partial charge in [0, 0.05) is 10.8 Å². The van der Waals surface area contributed by atoms with Gasteiger partial charge < -0.3 is 19.3 Å². The Morgan fingerprint density at radius 2 is 1.72 bits per heavy atom. The number of amides is 1. The van der Waals surface area contributed by atoms with Crippen molar-refractivity contribution >= 4 is 45.0 Å². The first kappa shape index (κ1) is 30.6. The lowest BCUT2D eigenvalue weighted by Gasteiger charge is -2.39. The molecule has 1 aliphatic heterocycles. The minimum atomic E-state index is -0.976. The average molecular weight is 637 g/mol. The first-order valence-corrected chi connectivity index (χ1v) is 17.1. The van der Waals surface area contributed by atoms with E-state index in [0.29, 0.717) is 19.1 Å². The topological polar surface area (TPSA) is 97.5 Å². The zero-order valence-electron chi connectivity index (χ0n) is 26.9. The van der Waals surface area contributed by atoms with Crippen molar-refractivity contribution in [2.24, 2.45) is 0 Å². The number of thiazole rings is 1. The Kier molecular flexibility index (Phi) is 8.15. The van der Waals surface area contributed by atoms with Gasteiger partial charge in [0.15, 0.2) is 0 Å². The second-order valence-corrected chi connectivity index (χ2v) is 14.2. The predicted molar refractivity (Wildman–Crippen MR) is 183 cm³/mol. The van der Waals surface area contributed by atoms with E-state index in [1.54, 1.807) is 23.5 Å². The molecule has 3 aromatic heterocycles. The number of rotatable bonds is 6. The van der Waals surface area contributed by atoms with Crippen LogP contribution in [-0.2, 0) is 16.1 Å². The number of carboxylic acids is 1. The quantitative estimate of drug-likeness (QED) is 0.203. The zero-order chi connectivity index (χ0) is 32.1. The summed E-state index contributed by atoms with van der Waals surface area (Å²) < 4.78 is 7.82. The number of ether oxygens (including phenoxy) is 1. The van der Waals surface area contributed by atoms with E-state index in [9.17, 15) is 14.7 Å². The molecule has 7 rings (SSSR count). The van der Waals surface area contributed by atoms with E-state index >= 15 is 0 Å². The van der Waals surface area contributed by atoms with Gasteiger partial charge in [-0.25, -0.2) is 14.8 Å². The number of morpholine rings is 1. The summed E-state index contributed by atoms with van der Waals surface area (Å²) in [6, 6.07) is 15.9. The van der Waals surface area contributed by atoms with E-state index in [0.717, 1.165) is 80.0 Å². The van der Waals surface area contributed by atoms with Gasteiger partial charge in [0.2, 0.25) is 5.91 Å². The average Bonchev–Trinajstić information content (AvgIpc) is 3.55. The third kappa shape index (κ3) is 5.49. The van der Waals surface area contributed by atoms with Crippen molar-refractivity contribution in [2.45, 2.75) is 84.3 Å². The number of hydrogen-bond donors (Lipinski definition) is 1. The normalized spacial score (nSPS) is 19.3. The van der Waals surface area contributed by atoms with Crippen LogP contribution in [-0.4, -0.2) is 61.7 Å². The summed E-state index contributed by atoms with van der Waals surface area (Å²) in [5, 5.41) is 13.0. The summed E-state index contributed by atoms with van der Waals surface area (Å²) in [5.41, 5.74) is 7.06. The van der Waals surface area contributed by atoms with Gasteiger partial charge >= 0.3 is 5.97 Å². The van der Waals surface area contributed by atoms with E-state index in [1.165, 1.54) is 12.0 Å². The van der Waals surface area contributed by atoms with Crippen molar-refractivity contribution < 1.29 is 19.4 Å². The highest BCUT2D eigenvalue weighted by Gasteiger charge is 2.33. The number of pyridine rings is 1. The lowest BCUT2D eigenvalue weighted by atomic mass is 9.81. The maximum absolute atomic E-state index is 14.2. The van der Waals surface area contributed by atoms with Gasteiger partial charge in [-0.05, 0) is 87.9 Å². The number of carbonyl (C=O) groups excluding carboxylic acids is 1. The monoisotopic (exact) mass is 636 g/mol. The molecule has 2 aliphatic rings. The first-order valence-electron chi connectivity index (χ1n) is 16.3. The Bertz CT molecular complexity index is 1960. The molecule has 238 valence electrons. The summed E-state index contributed by atoms with van der Waals surface area (Å²) in [6.07, 6.45) is 5.69. The summed E-state index contributed by atoms with van der Waals surface area (Å²) in [6.45, 7) is 9.22. The van der Waals surface area contributed by atoms with Crippen molar-refractivity contribution in [2.75, 3.05) is 13.2 Å². The number of aromatic nitrogens is 3. The summed E-state index contributed by atoms with van der Waals surface area (Å²) in [5.74, 6) is -0.635. The van der Waals surface area contributed by atoms with Gasteiger partial charge in [-0.1, -0.05) is 37.5 Å². The Hall–Kier alpha value is -4.08. The molecule has 0 bridgehead atoms. The molecule has 9 heteroatoms. The summed E-state index contributed by atoms with van der Waals surface area (Å²) in [4.78, 5) is 38.9. The molecule has 1 N–H and O–H groups in total. The molecule has 0 radical (unpaired) electrons. The van der Waals surface area contributed by atoms with Gasteiger partial charge in [-0.3, -0.25) is 4.79 Å². The highest BCUT2D eigenvalue weighted by Crippen LogP contribution is 2.45. The minimum Gasteiger partial charge on any atom is -0.478 e. The Labute approximate surface area is 273 Å². The summed E-state index contributed by atoms with van der Waals surface area (Å²) in [7, 11) is 0. The molecule has 2 aromatic carbocycles. The summed E-state index contributed by atoms with van der Waals surface area (Å²) >= 11 is 1.66. The minimum absolute atomic E-state index is 0.0136. The Morgan fingerprint density at radius 3 is 2.41 bits per heavy atom. The smallest absolute Gasteiger partial charge is 0.335 e. The van der Waals surface area contributed by atoms with E-state index in [-0.39, 0.29) is 30.1 Å². The van der Waals surface area contributed by atoms with Crippen LogP contribution in [0.3, 0.4) is 0 Å². The van der Waals surface area contributed by atoms with Crippen molar-refractivity contribution in [3.05, 3.63) is 70.4 Å². The number of aryl methyl sites for hydroxylation is 2. The van der Waals surface area contributed by atoms with E-state index in [1.807, 2.05) is 38.7 Å². The second-order valence-electron chi connectivity index (χ2n) is 13.0. The van der Waals surface area contributed by atoms with Crippen molar-refractivity contribution in [1.82, 2.24) is 19.4 Å². The second kappa shape index (κ2) is 12.3. The SMILES string of the molecule is Cc1nc(C)c(-c2ccc3cc(-c4c(C5CCCCC5)c5ccc(C(=O)O)cc5n4CC(=O)N4C(C)COCC4C)ccc3n2)s1. The fraction of sp³-hybridized carbons (Fsp3) is 0.405. The lowest BCUT2D eigenvalue weighted by molar-refractivity contribution is -0.144. The number of benzene rings is 2. The van der Waals surface area contributed by atoms with E-state index in [2.05, 4.69) is 39.9 Å². The highest BCUT2D eigenvalue weighted by atomic mass is 32.1. The molecule has 1 saturated heterocycles. The molecule has 2 atom stereocenters. The van der Waals surface area contributed by atoms with Crippen LogP contribution < -0.4 is 0 Å². The van der Waals surface area contributed by atoms with Gasteiger partial charge in [0.1, 0.15) is 6.54 Å². The first-order chi connectivity index (χ1) is 22.2. The van der Waals surface area contributed by atoms with Gasteiger partial charge in [0.25, 0.3) is 0 Å². The molecular formula is C37H40N4O4S. The van der Waals surface area contributed by atoms with Crippen LogP contribution in [0.15, 0.2) is 48.5 Å². The maximum atomic E-state index is 14.2. The number of carboxylic acid groups (broad SMARTS) is 1. The molecule has 1 saturated carbocycles. The van der Waals surface area contributed by atoms with Crippen LogP contribution in [0.4, 0.5) is 0 Å². The molecule has 2 fully saturated rings. The van der Waals surface area contributed by atoms with Crippen molar-refractivity contribution in [3.63, 3.8) is 0 Å². The van der Waals surface area contributed by atoms with Crippen LogP contribution in [0.25, 0.3) is 43.6 Å². The third-order valence-corrected chi connectivity index (χ3v) is 10.8. The number of hydrogen-bond acceptors (Lipinski definition) is 6. The third-order valence-electron chi connectivity index (χ3n) is 9.71. The fourth-order valence-corrected chi connectivity index (χ4v) is 8.56. The lowest BCUT2D eigenvalue weighted by Crippen LogP contribution is -2.53. The molecule has 4 heterocycles. The molecule has 1 amide bonds. The molecule has 46 heavy (non-hydrogen) atoms. The zero-order valence-corrected chi connectivity index (χ0v) is 27.7. The predicted octanol–water partition coefficient (Wildman–Crippen LogP) is 7.98. The van der Waals surface area contributed by atoms with Crippen LogP contribution in [0.5, 0.6) is 0 Å². The maximum Gasteiger partial charge on any atom is 0.335 e. The number of aromatic carboxylic acids is 1. The molecule has 8 nitrogen and oxygen atoms in total. The molecule has 1 aliphatic carbocycles. The molecule has 5 aromatic rings. The Morgan fingerprint density at radius 1 is 0.957 bits per heavy atom. The number of fused-ring (bicyclic) bond motifs is 2. The number of carbonyl (C=O) groups is 2. The number of nitrogens with zero attached hydrogens (tertiary/aromatic N) is 4. The highest BCUT2D eigenvalue weighted by molar-refractivity contribution is 7.15. The van der Waals surface area contributed by atoms with Gasteiger partial charge in [-0.2, -0.15) is 0 Å². The van der Waals surface area contributed by atoms with Crippen LogP contribution >= 0.6 is 11.3 Å². The van der Waals surface area contributed by atoms with Crippen molar-refractivity contribution in [1.29, 1.82) is 0 Å². The van der Waals surface area contributed by atoms with Crippen LogP contribution in [0.2, 0.25) is 0 Å². The molecular weight excluding hydrogens is 596 g/mol. The fourth-order valence-electron chi connectivity index (χ4n) is 7.67. The Balaban J connectivity index is 1.42. The van der Waals surface area contributed by atoms with E-state index < -0.39 is 5.97 Å².